The van der Waals surface area contributed by atoms with Crippen molar-refractivity contribution in [3.05, 3.63) is 215 Å². The van der Waals surface area contributed by atoms with Crippen LogP contribution >= 0.6 is 0 Å². The van der Waals surface area contributed by atoms with Crippen molar-refractivity contribution in [1.82, 2.24) is 0 Å². The Bertz CT molecular complexity index is 2690. The molecular formula is C59H56N2O. The van der Waals surface area contributed by atoms with E-state index in [0.29, 0.717) is 29.8 Å². The zero-order valence-corrected chi connectivity index (χ0v) is 35.6. The minimum absolute atomic E-state index is 0.0758. The first kappa shape index (κ1) is 36.8. The van der Waals surface area contributed by atoms with Crippen LogP contribution in [0.25, 0.3) is 11.1 Å². The summed E-state index contributed by atoms with van der Waals surface area (Å²) in [7, 11) is 0. The Morgan fingerprint density at radius 3 is 2.42 bits per heavy atom. The van der Waals surface area contributed by atoms with Crippen molar-refractivity contribution in [1.29, 1.82) is 0 Å². The van der Waals surface area contributed by atoms with Gasteiger partial charge in [-0.2, -0.15) is 0 Å². The maximum atomic E-state index is 7.09. The van der Waals surface area contributed by atoms with E-state index >= 15 is 0 Å². The molecule has 0 saturated carbocycles. The van der Waals surface area contributed by atoms with Crippen molar-refractivity contribution in [2.75, 3.05) is 9.80 Å². The molecule has 1 aliphatic heterocycles. The molecule has 0 fully saturated rings. The maximum absolute atomic E-state index is 7.09. The van der Waals surface area contributed by atoms with Gasteiger partial charge < -0.3 is 14.5 Å². The van der Waals surface area contributed by atoms with Gasteiger partial charge in [0.2, 0.25) is 0 Å². The van der Waals surface area contributed by atoms with Gasteiger partial charge >= 0.3 is 0 Å². The number of hydrogen-bond donors (Lipinski definition) is 0. The Labute approximate surface area is 367 Å². The van der Waals surface area contributed by atoms with Gasteiger partial charge in [0, 0.05) is 53.2 Å². The van der Waals surface area contributed by atoms with Crippen LogP contribution in [0.2, 0.25) is 0 Å². The predicted octanol–water partition coefficient (Wildman–Crippen LogP) is 13.4. The summed E-state index contributed by atoms with van der Waals surface area (Å²) >= 11 is 0. The lowest BCUT2D eigenvalue weighted by molar-refractivity contribution is 0.0916. The van der Waals surface area contributed by atoms with Gasteiger partial charge in [0.15, 0.2) is 0 Å². The fourth-order valence-electron chi connectivity index (χ4n) is 13.8. The Hall–Kier alpha value is -5.80. The number of nitrogens with zero attached hydrogens (tertiary/aromatic N) is 2. The van der Waals surface area contributed by atoms with E-state index in [9.17, 15) is 0 Å². The molecule has 13 rings (SSSR count). The van der Waals surface area contributed by atoms with Crippen molar-refractivity contribution in [2.24, 2.45) is 23.7 Å². The van der Waals surface area contributed by atoms with E-state index < -0.39 is 0 Å². The SMILES string of the molecule is C1=CC2CC=CC(N(c3ccc4c(c3)C3(c5ccccc5-4)c4cccc(N(C5=CCCC=C5)C5C=CCC6C7=C(CCC=C7)OC65)c4C4C=CC=CC43)C3CC=CCC3)C2C=C1. The molecule has 10 atom stereocenters. The lowest BCUT2D eigenvalue weighted by Gasteiger charge is -2.46. The van der Waals surface area contributed by atoms with E-state index in [2.05, 4.69) is 186 Å². The van der Waals surface area contributed by atoms with E-state index in [1.54, 1.807) is 0 Å². The van der Waals surface area contributed by atoms with Crippen LogP contribution in [0.15, 0.2) is 193 Å². The average Bonchev–Trinajstić information content (AvgIpc) is 3.97. The molecule has 0 saturated heterocycles. The monoisotopic (exact) mass is 808 g/mol. The van der Waals surface area contributed by atoms with Crippen molar-refractivity contribution in [3.8, 4) is 11.1 Å². The smallest absolute Gasteiger partial charge is 0.130 e. The van der Waals surface area contributed by atoms with Gasteiger partial charge in [-0.1, -0.05) is 152 Å². The summed E-state index contributed by atoms with van der Waals surface area (Å²) in [6.45, 7) is 0. The lowest BCUT2D eigenvalue weighted by Crippen LogP contribution is -2.49. The van der Waals surface area contributed by atoms with E-state index in [0.717, 1.165) is 51.4 Å². The molecule has 308 valence electrons. The second-order valence-electron chi connectivity index (χ2n) is 19.3. The second kappa shape index (κ2) is 14.7. The Balaban J connectivity index is 1.01. The summed E-state index contributed by atoms with van der Waals surface area (Å²) < 4.78 is 7.09. The minimum atomic E-state index is -0.349. The zero-order valence-electron chi connectivity index (χ0n) is 35.6. The van der Waals surface area contributed by atoms with Crippen LogP contribution in [0.1, 0.15) is 86.0 Å². The number of rotatable bonds is 6. The Morgan fingerprint density at radius 1 is 0.629 bits per heavy atom. The topological polar surface area (TPSA) is 15.7 Å². The molecule has 0 N–H and O–H groups in total. The van der Waals surface area contributed by atoms with Gasteiger partial charge in [0.25, 0.3) is 0 Å². The van der Waals surface area contributed by atoms with Crippen LogP contribution in [-0.4, -0.2) is 24.2 Å². The molecule has 3 aromatic carbocycles. The summed E-state index contributed by atoms with van der Waals surface area (Å²) in [5.41, 5.74) is 13.7. The van der Waals surface area contributed by atoms with E-state index in [1.165, 1.54) is 68.2 Å². The third-order valence-corrected chi connectivity index (χ3v) is 16.3. The first-order chi connectivity index (χ1) is 30.8. The molecule has 1 spiro atoms. The largest absolute Gasteiger partial charge is 0.491 e. The number of allylic oxidation sites excluding steroid dienone is 16. The van der Waals surface area contributed by atoms with Crippen LogP contribution in [-0.2, 0) is 10.2 Å². The molecule has 10 aliphatic rings. The second-order valence-corrected chi connectivity index (χ2v) is 19.3. The molecule has 3 heteroatoms. The number of ether oxygens (including phenoxy) is 1. The standard InChI is InChI=1S/C59H56N2O/c1-3-20-40(21-4-1)60(53-32-15-19-39-18-7-8-24-43(39)53)42-36-37-45-44-25-9-12-29-49(44)59(52(45)38-42)50-30-13-10-27-48(50)57-51(59)31-17-33-54(57)61(41-22-5-2-6-23-41)55-34-16-28-47-46-26-11-14-35-56(46)62-58(47)55/h1,3,5,7-13,15-18,22-27,29-34,36-40,43,47-48,50,53,55,58H,2,4,6,14,19-21,28,35H2. The molecular weight excluding hydrogens is 753 g/mol. The van der Waals surface area contributed by atoms with E-state index in [1.807, 2.05) is 0 Å². The fourth-order valence-corrected chi connectivity index (χ4v) is 13.8. The summed E-state index contributed by atoms with van der Waals surface area (Å²) in [6, 6.07) is 25.2. The first-order valence-corrected chi connectivity index (χ1v) is 23.9. The fraction of sp³-hybridized carbons (Fsp3) is 0.322. The molecule has 0 aromatic heterocycles. The molecule has 3 nitrogen and oxygen atoms in total. The maximum Gasteiger partial charge on any atom is 0.130 e. The zero-order chi connectivity index (χ0) is 40.8. The number of fused-ring (bicyclic) bond motifs is 13. The summed E-state index contributed by atoms with van der Waals surface area (Å²) in [6.07, 6.45) is 55.9. The van der Waals surface area contributed by atoms with E-state index in [-0.39, 0.29) is 29.4 Å². The molecule has 10 unspecified atom stereocenters. The van der Waals surface area contributed by atoms with Crippen LogP contribution in [0.4, 0.5) is 11.4 Å². The van der Waals surface area contributed by atoms with Crippen LogP contribution in [0, 0.1) is 23.7 Å². The van der Waals surface area contributed by atoms with Gasteiger partial charge in [0.05, 0.1) is 17.5 Å². The van der Waals surface area contributed by atoms with Gasteiger partial charge in [-0.3, -0.25) is 0 Å². The molecule has 3 aromatic rings. The quantitative estimate of drug-likeness (QED) is 0.231. The van der Waals surface area contributed by atoms with Crippen LogP contribution in [0.5, 0.6) is 0 Å². The molecule has 0 radical (unpaired) electrons. The molecule has 62 heavy (non-hydrogen) atoms. The Morgan fingerprint density at radius 2 is 1.48 bits per heavy atom. The number of benzene rings is 3. The normalized spacial score (nSPS) is 33.4. The van der Waals surface area contributed by atoms with Gasteiger partial charge in [-0.15, -0.1) is 0 Å². The highest BCUT2D eigenvalue weighted by molar-refractivity contribution is 5.89. The van der Waals surface area contributed by atoms with Crippen molar-refractivity contribution >= 4 is 11.4 Å². The highest BCUT2D eigenvalue weighted by Gasteiger charge is 2.58. The first-order valence-electron chi connectivity index (χ1n) is 23.9. The van der Waals surface area contributed by atoms with Crippen LogP contribution < -0.4 is 9.80 Å². The molecule has 0 bridgehead atoms. The molecule has 9 aliphatic carbocycles. The highest BCUT2D eigenvalue weighted by Crippen LogP contribution is 2.67. The number of hydrogen-bond acceptors (Lipinski definition) is 3. The van der Waals surface area contributed by atoms with Gasteiger partial charge in [0.1, 0.15) is 11.9 Å². The minimum Gasteiger partial charge on any atom is -0.491 e. The highest BCUT2D eigenvalue weighted by atomic mass is 16.5. The lowest BCUT2D eigenvalue weighted by atomic mass is 9.65. The van der Waals surface area contributed by atoms with Crippen molar-refractivity contribution in [2.45, 2.75) is 93.3 Å². The summed E-state index contributed by atoms with van der Waals surface area (Å²) in [5.74, 6) is 3.05. The van der Waals surface area contributed by atoms with Crippen LogP contribution in [0.3, 0.4) is 0 Å². The average molecular weight is 809 g/mol. The predicted molar refractivity (Wildman–Crippen MR) is 255 cm³/mol. The summed E-state index contributed by atoms with van der Waals surface area (Å²) in [5, 5.41) is 0. The molecule has 1 heterocycles. The Kier molecular flexibility index (Phi) is 8.70. The molecule has 0 amide bonds. The number of anilines is 2. The third kappa shape index (κ3) is 5.36. The summed E-state index contributed by atoms with van der Waals surface area (Å²) in [4.78, 5) is 5.57. The van der Waals surface area contributed by atoms with E-state index in [4.69, 9.17) is 4.74 Å². The van der Waals surface area contributed by atoms with Crippen molar-refractivity contribution < 1.29 is 4.74 Å². The third-order valence-electron chi connectivity index (χ3n) is 16.3. The van der Waals surface area contributed by atoms with Gasteiger partial charge in [-0.25, -0.2) is 0 Å². The van der Waals surface area contributed by atoms with Gasteiger partial charge in [-0.05, 0) is 121 Å². The van der Waals surface area contributed by atoms with Crippen molar-refractivity contribution in [3.63, 3.8) is 0 Å².